The highest BCUT2D eigenvalue weighted by Gasteiger charge is 2.43. The van der Waals surface area contributed by atoms with Crippen LogP contribution in [0.1, 0.15) is 60.8 Å². The second kappa shape index (κ2) is 10.2. The van der Waals surface area contributed by atoms with Crippen LogP contribution in [0.3, 0.4) is 0 Å². The molecule has 0 fully saturated rings. The number of carbonyl (C=O) groups excluding carboxylic acids is 2. The van der Waals surface area contributed by atoms with E-state index in [-0.39, 0.29) is 23.8 Å². The Morgan fingerprint density at radius 2 is 1.38 bits per heavy atom. The summed E-state index contributed by atoms with van der Waals surface area (Å²) in [7, 11) is 0. The molecule has 0 radical (unpaired) electrons. The van der Waals surface area contributed by atoms with Gasteiger partial charge < -0.3 is 14.9 Å². The first-order valence-electron chi connectivity index (χ1n) is 7.19. The molecule has 0 amide bonds. The van der Waals surface area contributed by atoms with Crippen molar-refractivity contribution in [2.75, 3.05) is 0 Å². The fourth-order valence-electron chi connectivity index (χ4n) is 1.94. The molecule has 0 aromatic carbocycles. The van der Waals surface area contributed by atoms with E-state index < -0.39 is 11.6 Å². The van der Waals surface area contributed by atoms with Crippen LogP contribution in [0.2, 0.25) is 0 Å². The monoisotopic (exact) mass is 304 g/mol. The van der Waals surface area contributed by atoms with Gasteiger partial charge in [-0.15, -0.1) is 0 Å². The molecule has 6 nitrogen and oxygen atoms in total. The number of ether oxygens (including phenoxy) is 1. The van der Waals surface area contributed by atoms with Crippen molar-refractivity contribution in [3.05, 3.63) is 0 Å². The molecule has 0 saturated heterocycles. The van der Waals surface area contributed by atoms with E-state index in [2.05, 4.69) is 0 Å². The molecule has 0 bridgehead atoms. The molecule has 0 rings (SSSR count). The van der Waals surface area contributed by atoms with Crippen LogP contribution < -0.4 is 0 Å². The van der Waals surface area contributed by atoms with E-state index in [0.29, 0.717) is 19.3 Å². The summed E-state index contributed by atoms with van der Waals surface area (Å²) in [5.41, 5.74) is -0.936. The first-order valence-corrected chi connectivity index (χ1v) is 7.19. The van der Waals surface area contributed by atoms with E-state index >= 15 is 0 Å². The average molecular weight is 304 g/mol. The van der Waals surface area contributed by atoms with Crippen molar-refractivity contribution in [2.45, 2.75) is 66.9 Å². The fraction of sp³-hybridized carbons (Fsp3) is 0.800. The number of Topliss-reactive ketones (excluding diaryl/α,β-unsaturated/α-hetero) is 1. The zero-order valence-corrected chi connectivity index (χ0v) is 13.8. The molecule has 0 saturated carbocycles. The van der Waals surface area contributed by atoms with E-state index in [1.54, 1.807) is 13.8 Å². The second-order valence-electron chi connectivity index (χ2n) is 5.55. The zero-order chi connectivity index (χ0) is 17.2. The number of rotatable bonds is 7. The van der Waals surface area contributed by atoms with Crippen LogP contribution in [0.25, 0.3) is 0 Å². The molecule has 0 atom stereocenters. The number of hydrogen-bond acceptors (Lipinski definition) is 4. The third-order valence-electron chi connectivity index (χ3n) is 3.07. The Morgan fingerprint density at radius 1 is 1.00 bits per heavy atom. The maximum absolute atomic E-state index is 12.3. The zero-order valence-electron chi connectivity index (χ0n) is 13.8. The topological polar surface area (TPSA) is 101 Å². The van der Waals surface area contributed by atoms with Crippen molar-refractivity contribution in [3.63, 3.8) is 0 Å². The lowest BCUT2D eigenvalue weighted by Crippen LogP contribution is -2.41. The molecule has 0 spiro atoms. The molecular weight excluding hydrogens is 276 g/mol. The Morgan fingerprint density at radius 3 is 1.62 bits per heavy atom. The van der Waals surface area contributed by atoms with Crippen LogP contribution in [-0.2, 0) is 14.3 Å². The van der Waals surface area contributed by atoms with E-state index in [0.717, 1.165) is 0 Å². The standard InChI is InChI=1S/C14H26O3.CH2O3/c1-7-14(8-2,12(15)9-10(3)4)13(16)17-11(5)6;2-1(3)4/h10-11H,7-9H2,1-6H3;(H2,2,3,4). The lowest BCUT2D eigenvalue weighted by Gasteiger charge is -2.29. The van der Waals surface area contributed by atoms with Crippen molar-refractivity contribution in [3.8, 4) is 0 Å². The number of carbonyl (C=O) groups is 3. The number of esters is 1. The van der Waals surface area contributed by atoms with Crippen molar-refractivity contribution >= 4 is 17.9 Å². The highest BCUT2D eigenvalue weighted by molar-refractivity contribution is 6.03. The van der Waals surface area contributed by atoms with Gasteiger partial charge in [0, 0.05) is 6.42 Å². The molecule has 6 heteroatoms. The minimum Gasteiger partial charge on any atom is -0.462 e. The third kappa shape index (κ3) is 8.32. The molecule has 0 aliphatic heterocycles. The van der Waals surface area contributed by atoms with Crippen LogP contribution in [-0.4, -0.2) is 34.2 Å². The maximum atomic E-state index is 12.3. The van der Waals surface area contributed by atoms with Gasteiger partial charge in [-0.1, -0.05) is 27.7 Å². The SMILES string of the molecule is CCC(CC)(C(=O)CC(C)C)C(=O)OC(C)C.O=C(O)O. The van der Waals surface area contributed by atoms with Gasteiger partial charge in [0.1, 0.15) is 11.2 Å². The molecule has 0 aromatic rings. The summed E-state index contributed by atoms with van der Waals surface area (Å²) in [6, 6.07) is 0. The fourth-order valence-corrected chi connectivity index (χ4v) is 1.94. The largest absolute Gasteiger partial charge is 0.503 e. The summed E-state index contributed by atoms with van der Waals surface area (Å²) in [5, 5.41) is 13.9. The Bertz CT molecular complexity index is 314. The van der Waals surface area contributed by atoms with E-state index in [4.69, 9.17) is 19.7 Å². The van der Waals surface area contributed by atoms with Gasteiger partial charge in [-0.2, -0.15) is 0 Å². The Hall–Kier alpha value is -1.59. The highest BCUT2D eigenvalue weighted by atomic mass is 16.6. The van der Waals surface area contributed by atoms with Crippen LogP contribution >= 0.6 is 0 Å². The molecule has 0 aliphatic rings. The molecule has 0 heterocycles. The molecule has 0 unspecified atom stereocenters. The molecular formula is C15H28O6. The van der Waals surface area contributed by atoms with Crippen molar-refractivity contribution < 1.29 is 29.3 Å². The Balaban J connectivity index is 0. The van der Waals surface area contributed by atoms with Crippen LogP contribution in [0.15, 0.2) is 0 Å². The van der Waals surface area contributed by atoms with Crippen molar-refractivity contribution in [2.24, 2.45) is 11.3 Å². The van der Waals surface area contributed by atoms with Crippen LogP contribution in [0, 0.1) is 11.3 Å². The van der Waals surface area contributed by atoms with E-state index in [1.165, 1.54) is 0 Å². The van der Waals surface area contributed by atoms with Gasteiger partial charge in [0.05, 0.1) is 6.10 Å². The average Bonchev–Trinajstić information content (AvgIpc) is 2.28. The molecule has 0 aliphatic carbocycles. The first-order chi connectivity index (χ1) is 9.53. The molecule has 0 aromatic heterocycles. The second-order valence-corrected chi connectivity index (χ2v) is 5.55. The van der Waals surface area contributed by atoms with Gasteiger partial charge in [0.15, 0.2) is 0 Å². The summed E-state index contributed by atoms with van der Waals surface area (Å²) in [6.45, 7) is 11.3. The number of hydrogen-bond donors (Lipinski definition) is 2. The lowest BCUT2D eigenvalue weighted by atomic mass is 9.75. The number of carboxylic acid groups (broad SMARTS) is 2. The third-order valence-corrected chi connectivity index (χ3v) is 3.07. The predicted octanol–water partition coefficient (Wildman–Crippen LogP) is 3.58. The van der Waals surface area contributed by atoms with Crippen LogP contribution in [0.4, 0.5) is 4.79 Å². The quantitative estimate of drug-likeness (QED) is 0.550. The summed E-state index contributed by atoms with van der Waals surface area (Å²) in [6.07, 6.45) is -0.539. The molecule has 124 valence electrons. The normalized spacial score (nSPS) is 10.9. The van der Waals surface area contributed by atoms with Crippen molar-refractivity contribution in [1.82, 2.24) is 0 Å². The van der Waals surface area contributed by atoms with Gasteiger partial charge in [-0.25, -0.2) is 4.79 Å². The van der Waals surface area contributed by atoms with Gasteiger partial charge in [-0.05, 0) is 32.6 Å². The Labute approximate surface area is 126 Å². The number of ketones is 1. The van der Waals surface area contributed by atoms with E-state index in [1.807, 2.05) is 27.7 Å². The molecule has 2 N–H and O–H groups in total. The summed E-state index contributed by atoms with van der Waals surface area (Å²) < 4.78 is 5.24. The van der Waals surface area contributed by atoms with Crippen LogP contribution in [0.5, 0.6) is 0 Å². The smallest absolute Gasteiger partial charge is 0.462 e. The summed E-state index contributed by atoms with van der Waals surface area (Å²) in [5.74, 6) is -0.0712. The summed E-state index contributed by atoms with van der Waals surface area (Å²) >= 11 is 0. The van der Waals surface area contributed by atoms with Gasteiger partial charge in [-0.3, -0.25) is 9.59 Å². The predicted molar refractivity (Wildman–Crippen MR) is 79.4 cm³/mol. The first kappa shape index (κ1) is 21.7. The highest BCUT2D eigenvalue weighted by Crippen LogP contribution is 2.32. The minimum absolute atomic E-state index is 0.0168. The van der Waals surface area contributed by atoms with Crippen molar-refractivity contribution in [1.29, 1.82) is 0 Å². The van der Waals surface area contributed by atoms with Gasteiger partial charge in [0.25, 0.3) is 0 Å². The van der Waals surface area contributed by atoms with E-state index in [9.17, 15) is 9.59 Å². The molecule has 21 heavy (non-hydrogen) atoms. The van der Waals surface area contributed by atoms with Gasteiger partial charge in [0.2, 0.25) is 0 Å². The summed E-state index contributed by atoms with van der Waals surface area (Å²) in [4.78, 5) is 32.9. The van der Waals surface area contributed by atoms with Gasteiger partial charge >= 0.3 is 12.1 Å². The lowest BCUT2D eigenvalue weighted by molar-refractivity contribution is -0.164. The maximum Gasteiger partial charge on any atom is 0.503 e. The Kier molecular flexibility index (Phi) is 10.5. The minimum atomic E-state index is -1.83.